The molecule has 2 rings (SSSR count). The Hall–Kier alpha value is -1.35. The molecule has 0 unspecified atom stereocenters. The smallest absolute Gasteiger partial charge is 0.307 e. The molecule has 0 aromatic heterocycles. The Morgan fingerprint density at radius 3 is 2.62 bits per heavy atom. The molecule has 0 saturated carbocycles. The zero-order valence-electron chi connectivity index (χ0n) is 9.44. The first-order chi connectivity index (χ1) is 7.66. The number of carboxylic acid groups (broad SMARTS) is 1. The fourth-order valence-electron chi connectivity index (χ4n) is 2.22. The van der Waals surface area contributed by atoms with Gasteiger partial charge in [0.25, 0.3) is 0 Å². The molecule has 1 aliphatic rings. The van der Waals surface area contributed by atoms with E-state index in [1.807, 2.05) is 0 Å². The van der Waals surface area contributed by atoms with E-state index in [0.717, 1.165) is 13.0 Å². The van der Waals surface area contributed by atoms with Crippen molar-refractivity contribution in [1.29, 1.82) is 0 Å². The summed E-state index contributed by atoms with van der Waals surface area (Å²) in [7, 11) is 0. The van der Waals surface area contributed by atoms with Gasteiger partial charge in [-0.15, -0.1) is 0 Å². The van der Waals surface area contributed by atoms with Crippen molar-refractivity contribution in [2.24, 2.45) is 5.92 Å². The summed E-state index contributed by atoms with van der Waals surface area (Å²) in [4.78, 5) is 10.9. The van der Waals surface area contributed by atoms with Gasteiger partial charge in [-0.3, -0.25) is 4.79 Å². The van der Waals surface area contributed by atoms with Gasteiger partial charge in [-0.1, -0.05) is 29.8 Å². The molecule has 0 aliphatic carbocycles. The summed E-state index contributed by atoms with van der Waals surface area (Å²) in [6.07, 6.45) is 0.741. The third kappa shape index (κ3) is 2.42. The Morgan fingerprint density at radius 2 is 2.00 bits per heavy atom. The summed E-state index contributed by atoms with van der Waals surface area (Å²) in [6, 6.07) is 8.37. The maximum absolute atomic E-state index is 10.9. The SMILES string of the molecule is Cc1ccc([C@@H]2CNC[C@H](C(=O)O)C2)cc1. The van der Waals surface area contributed by atoms with Crippen molar-refractivity contribution < 1.29 is 9.90 Å². The molecule has 86 valence electrons. The first-order valence-electron chi connectivity index (χ1n) is 5.67. The molecule has 0 bridgehead atoms. The van der Waals surface area contributed by atoms with Crippen LogP contribution in [0.25, 0.3) is 0 Å². The van der Waals surface area contributed by atoms with E-state index >= 15 is 0 Å². The summed E-state index contributed by atoms with van der Waals surface area (Å²) < 4.78 is 0. The molecule has 0 amide bonds. The number of benzene rings is 1. The number of carbonyl (C=O) groups is 1. The van der Waals surface area contributed by atoms with E-state index in [-0.39, 0.29) is 5.92 Å². The van der Waals surface area contributed by atoms with Crippen molar-refractivity contribution in [3.05, 3.63) is 35.4 Å². The number of nitrogens with one attached hydrogen (secondary N) is 1. The summed E-state index contributed by atoms with van der Waals surface area (Å²) in [5.74, 6) is -0.611. The largest absolute Gasteiger partial charge is 0.481 e. The van der Waals surface area contributed by atoms with Crippen LogP contribution < -0.4 is 5.32 Å². The summed E-state index contributed by atoms with van der Waals surface area (Å²) in [5, 5.41) is 12.2. The van der Waals surface area contributed by atoms with Crippen LogP contribution >= 0.6 is 0 Å². The molecule has 1 saturated heterocycles. The van der Waals surface area contributed by atoms with Crippen LogP contribution in [0.2, 0.25) is 0 Å². The molecule has 1 aromatic rings. The number of hydrogen-bond donors (Lipinski definition) is 2. The van der Waals surface area contributed by atoms with Crippen LogP contribution in [0.15, 0.2) is 24.3 Å². The van der Waals surface area contributed by atoms with E-state index < -0.39 is 5.97 Å². The third-order valence-corrected chi connectivity index (χ3v) is 3.25. The second-order valence-electron chi connectivity index (χ2n) is 4.54. The van der Waals surface area contributed by atoms with Crippen LogP contribution in [-0.2, 0) is 4.79 Å². The number of hydrogen-bond acceptors (Lipinski definition) is 2. The predicted molar refractivity (Wildman–Crippen MR) is 62.5 cm³/mol. The molecule has 3 heteroatoms. The van der Waals surface area contributed by atoms with Crippen molar-refractivity contribution in [3.8, 4) is 0 Å². The lowest BCUT2D eigenvalue weighted by atomic mass is 9.85. The van der Waals surface area contributed by atoms with Gasteiger partial charge in [-0.2, -0.15) is 0 Å². The second-order valence-corrected chi connectivity index (χ2v) is 4.54. The van der Waals surface area contributed by atoms with Crippen molar-refractivity contribution in [2.75, 3.05) is 13.1 Å². The third-order valence-electron chi connectivity index (χ3n) is 3.25. The molecule has 3 nitrogen and oxygen atoms in total. The predicted octanol–water partition coefficient (Wildman–Crippen LogP) is 1.77. The van der Waals surface area contributed by atoms with Crippen molar-refractivity contribution in [2.45, 2.75) is 19.3 Å². The standard InChI is InChI=1S/C13H17NO2/c1-9-2-4-10(5-3-9)11-6-12(13(15)16)8-14-7-11/h2-5,11-12,14H,6-8H2,1H3,(H,15,16)/t11-,12+/m0/s1. The number of piperidine rings is 1. The molecule has 2 atom stereocenters. The number of rotatable bonds is 2. The van der Waals surface area contributed by atoms with Crippen molar-refractivity contribution >= 4 is 5.97 Å². The minimum absolute atomic E-state index is 0.250. The average Bonchev–Trinajstić information content (AvgIpc) is 2.30. The van der Waals surface area contributed by atoms with E-state index in [4.69, 9.17) is 5.11 Å². The highest BCUT2D eigenvalue weighted by Gasteiger charge is 2.27. The Bertz CT molecular complexity index is 372. The molecule has 16 heavy (non-hydrogen) atoms. The zero-order chi connectivity index (χ0) is 11.5. The van der Waals surface area contributed by atoms with E-state index in [1.165, 1.54) is 11.1 Å². The van der Waals surface area contributed by atoms with Crippen LogP contribution in [0.4, 0.5) is 0 Å². The fraction of sp³-hybridized carbons (Fsp3) is 0.462. The van der Waals surface area contributed by atoms with Gasteiger partial charge in [0.2, 0.25) is 0 Å². The highest BCUT2D eigenvalue weighted by molar-refractivity contribution is 5.70. The van der Waals surface area contributed by atoms with Gasteiger partial charge in [0.05, 0.1) is 5.92 Å². The molecular formula is C13H17NO2. The van der Waals surface area contributed by atoms with Gasteiger partial charge in [-0.05, 0) is 24.8 Å². The maximum atomic E-state index is 10.9. The van der Waals surface area contributed by atoms with Crippen molar-refractivity contribution in [1.82, 2.24) is 5.32 Å². The Balaban J connectivity index is 2.09. The fourth-order valence-corrected chi connectivity index (χ4v) is 2.22. The van der Waals surface area contributed by atoms with E-state index in [0.29, 0.717) is 12.5 Å². The van der Waals surface area contributed by atoms with E-state index in [9.17, 15) is 4.79 Å². The Morgan fingerprint density at radius 1 is 1.31 bits per heavy atom. The van der Waals surface area contributed by atoms with Gasteiger partial charge in [-0.25, -0.2) is 0 Å². The first kappa shape index (κ1) is 11.1. The van der Waals surface area contributed by atoms with Gasteiger partial charge in [0.1, 0.15) is 0 Å². The van der Waals surface area contributed by atoms with Crippen LogP contribution in [0.5, 0.6) is 0 Å². The van der Waals surface area contributed by atoms with Crippen molar-refractivity contribution in [3.63, 3.8) is 0 Å². The number of carboxylic acids is 1. The lowest BCUT2D eigenvalue weighted by Gasteiger charge is -2.28. The molecule has 1 heterocycles. The lowest BCUT2D eigenvalue weighted by molar-refractivity contribution is -0.142. The monoisotopic (exact) mass is 219 g/mol. The lowest BCUT2D eigenvalue weighted by Crippen LogP contribution is -2.38. The highest BCUT2D eigenvalue weighted by Crippen LogP contribution is 2.26. The van der Waals surface area contributed by atoms with E-state index in [1.54, 1.807) is 0 Å². The summed E-state index contributed by atoms with van der Waals surface area (Å²) in [6.45, 7) is 3.54. The molecule has 0 radical (unpaired) electrons. The maximum Gasteiger partial charge on any atom is 0.307 e. The summed E-state index contributed by atoms with van der Waals surface area (Å²) in [5.41, 5.74) is 2.48. The van der Waals surface area contributed by atoms with E-state index in [2.05, 4.69) is 36.5 Å². The highest BCUT2D eigenvalue weighted by atomic mass is 16.4. The first-order valence-corrected chi connectivity index (χ1v) is 5.67. The topological polar surface area (TPSA) is 49.3 Å². The molecule has 2 N–H and O–H groups in total. The Labute approximate surface area is 95.5 Å². The minimum Gasteiger partial charge on any atom is -0.481 e. The van der Waals surface area contributed by atoms with Crippen LogP contribution in [-0.4, -0.2) is 24.2 Å². The van der Waals surface area contributed by atoms with Gasteiger partial charge in [0.15, 0.2) is 0 Å². The molecule has 1 aliphatic heterocycles. The molecular weight excluding hydrogens is 202 g/mol. The minimum atomic E-state index is -0.690. The molecule has 0 spiro atoms. The number of aliphatic carboxylic acids is 1. The van der Waals surface area contributed by atoms with Crippen LogP contribution in [0.1, 0.15) is 23.5 Å². The van der Waals surface area contributed by atoms with Gasteiger partial charge < -0.3 is 10.4 Å². The second kappa shape index (κ2) is 4.66. The number of aryl methyl sites for hydroxylation is 1. The van der Waals surface area contributed by atoms with Crippen LogP contribution in [0.3, 0.4) is 0 Å². The van der Waals surface area contributed by atoms with Gasteiger partial charge in [0, 0.05) is 13.1 Å². The van der Waals surface area contributed by atoms with Crippen LogP contribution in [0, 0.1) is 12.8 Å². The normalized spacial score (nSPS) is 25.3. The molecule has 1 aromatic carbocycles. The summed E-state index contributed by atoms with van der Waals surface area (Å²) >= 11 is 0. The molecule has 1 fully saturated rings. The zero-order valence-corrected chi connectivity index (χ0v) is 9.44. The van der Waals surface area contributed by atoms with Gasteiger partial charge >= 0.3 is 5.97 Å². The quantitative estimate of drug-likeness (QED) is 0.797. The average molecular weight is 219 g/mol. The Kier molecular flexibility index (Phi) is 3.25.